The van der Waals surface area contributed by atoms with Crippen molar-refractivity contribution in [2.45, 2.75) is 0 Å². The lowest BCUT2D eigenvalue weighted by Gasteiger charge is -2.18. The summed E-state index contributed by atoms with van der Waals surface area (Å²) in [5, 5.41) is 3.02. The van der Waals surface area contributed by atoms with Crippen molar-refractivity contribution in [3.8, 4) is 21.6 Å². The molecular formula is C24H17BrN4S. The van der Waals surface area contributed by atoms with E-state index in [4.69, 9.17) is 5.73 Å². The molecule has 6 heteroatoms. The minimum Gasteiger partial charge on any atom is -0.368 e. The quantitative estimate of drug-likeness (QED) is 0.284. The maximum Gasteiger partial charge on any atom is 0.222 e. The Morgan fingerprint density at radius 2 is 1.50 bits per heavy atom. The number of hydrogen-bond acceptors (Lipinski definition) is 5. The van der Waals surface area contributed by atoms with Gasteiger partial charge in [0.15, 0.2) is 5.82 Å². The Morgan fingerprint density at radius 1 is 0.767 bits per heavy atom. The maximum absolute atomic E-state index is 5.98. The van der Waals surface area contributed by atoms with Gasteiger partial charge in [-0.3, -0.25) is 3.93 Å². The Kier molecular flexibility index (Phi) is 4.94. The van der Waals surface area contributed by atoms with Crippen LogP contribution in [0.1, 0.15) is 0 Å². The molecule has 5 aromatic rings. The van der Waals surface area contributed by atoms with Gasteiger partial charge in [-0.05, 0) is 52.4 Å². The summed E-state index contributed by atoms with van der Waals surface area (Å²) in [5.74, 6) is 0.951. The van der Waals surface area contributed by atoms with E-state index in [-0.39, 0.29) is 5.95 Å². The van der Waals surface area contributed by atoms with E-state index in [0.29, 0.717) is 5.82 Å². The fourth-order valence-electron chi connectivity index (χ4n) is 3.41. The minimum atomic E-state index is 0.242. The zero-order chi connectivity index (χ0) is 20.5. The normalized spacial score (nSPS) is 11.0. The largest absolute Gasteiger partial charge is 0.368 e. The summed E-state index contributed by atoms with van der Waals surface area (Å²) in [6.45, 7) is 0. The molecule has 146 valence electrons. The molecule has 0 atom stereocenters. The Bertz CT molecular complexity index is 1300. The second-order valence-electron chi connectivity index (χ2n) is 6.81. The smallest absolute Gasteiger partial charge is 0.222 e. The lowest BCUT2D eigenvalue weighted by molar-refractivity contribution is 1.21. The number of hydrogen-bond donors (Lipinski definition) is 1. The highest BCUT2D eigenvalue weighted by Gasteiger charge is 2.15. The van der Waals surface area contributed by atoms with Gasteiger partial charge in [-0.1, -0.05) is 54.6 Å². The zero-order valence-corrected chi connectivity index (χ0v) is 18.3. The van der Waals surface area contributed by atoms with Crippen molar-refractivity contribution in [1.29, 1.82) is 0 Å². The van der Waals surface area contributed by atoms with Crippen LogP contribution in [0.3, 0.4) is 0 Å². The zero-order valence-electron chi connectivity index (χ0n) is 15.9. The van der Waals surface area contributed by atoms with Gasteiger partial charge in [-0.2, -0.15) is 4.98 Å². The third kappa shape index (κ3) is 3.56. The molecule has 0 aliphatic heterocycles. The van der Waals surface area contributed by atoms with Gasteiger partial charge in [-0.25, -0.2) is 4.98 Å². The Morgan fingerprint density at radius 3 is 2.23 bits per heavy atom. The fraction of sp³-hybridized carbons (Fsp3) is 0. The SMILES string of the molecule is Nc1nc(N(Br)c2ccccc2)c2cc(-c3ccc(-c4cccs4)cc3)ccc2n1. The number of thiophene rings is 1. The number of nitrogens with zero attached hydrogens (tertiary/aromatic N) is 3. The molecule has 0 fully saturated rings. The average molecular weight is 473 g/mol. The lowest BCUT2D eigenvalue weighted by atomic mass is 10.0. The van der Waals surface area contributed by atoms with Crippen LogP contribution in [0, 0.1) is 0 Å². The van der Waals surface area contributed by atoms with Crippen molar-refractivity contribution >= 4 is 55.8 Å². The number of aromatic nitrogens is 2. The molecule has 2 aromatic heterocycles. The van der Waals surface area contributed by atoms with Gasteiger partial charge in [0.05, 0.1) is 27.4 Å². The number of para-hydroxylation sites is 1. The monoisotopic (exact) mass is 472 g/mol. The molecule has 3 aromatic carbocycles. The predicted octanol–water partition coefficient (Wildman–Crippen LogP) is 7.06. The molecule has 30 heavy (non-hydrogen) atoms. The highest BCUT2D eigenvalue weighted by Crippen LogP contribution is 2.36. The molecule has 0 saturated heterocycles. The molecular weight excluding hydrogens is 456 g/mol. The van der Waals surface area contributed by atoms with Crippen molar-refractivity contribution in [1.82, 2.24) is 9.97 Å². The third-order valence-corrected chi connectivity index (χ3v) is 6.55. The highest BCUT2D eigenvalue weighted by atomic mass is 79.9. The van der Waals surface area contributed by atoms with Crippen molar-refractivity contribution in [2.75, 3.05) is 9.66 Å². The number of nitrogen functional groups attached to an aromatic ring is 1. The van der Waals surface area contributed by atoms with Gasteiger partial charge in [-0.15, -0.1) is 11.3 Å². The predicted molar refractivity (Wildman–Crippen MR) is 130 cm³/mol. The van der Waals surface area contributed by atoms with Crippen LogP contribution < -0.4 is 9.66 Å². The van der Waals surface area contributed by atoms with Crippen molar-refractivity contribution in [3.05, 3.63) is 90.3 Å². The van der Waals surface area contributed by atoms with Gasteiger partial charge in [0, 0.05) is 10.3 Å². The van der Waals surface area contributed by atoms with Crippen molar-refractivity contribution in [2.24, 2.45) is 0 Å². The number of halogens is 1. The number of rotatable bonds is 4. The summed E-state index contributed by atoms with van der Waals surface area (Å²) >= 11 is 5.40. The average Bonchev–Trinajstić information content (AvgIpc) is 3.33. The van der Waals surface area contributed by atoms with Gasteiger partial charge in [0.1, 0.15) is 0 Å². The van der Waals surface area contributed by atoms with E-state index >= 15 is 0 Å². The number of anilines is 3. The minimum absolute atomic E-state index is 0.242. The van der Waals surface area contributed by atoms with E-state index in [2.05, 4.69) is 80.0 Å². The van der Waals surface area contributed by atoms with Crippen LogP contribution in [-0.2, 0) is 0 Å². The first-order valence-electron chi connectivity index (χ1n) is 9.41. The van der Waals surface area contributed by atoms with Crippen molar-refractivity contribution in [3.63, 3.8) is 0 Å². The summed E-state index contributed by atoms with van der Waals surface area (Å²) in [7, 11) is 0. The third-order valence-electron chi connectivity index (χ3n) is 4.89. The van der Waals surface area contributed by atoms with E-state index in [9.17, 15) is 0 Å². The van der Waals surface area contributed by atoms with Crippen LogP contribution in [-0.4, -0.2) is 9.97 Å². The van der Waals surface area contributed by atoms with E-state index in [0.717, 1.165) is 27.7 Å². The summed E-state index contributed by atoms with van der Waals surface area (Å²) in [5.41, 5.74) is 11.2. The molecule has 0 spiro atoms. The van der Waals surface area contributed by atoms with Crippen LogP contribution in [0.5, 0.6) is 0 Å². The van der Waals surface area contributed by atoms with Gasteiger partial charge in [0.2, 0.25) is 5.95 Å². The van der Waals surface area contributed by atoms with Gasteiger partial charge < -0.3 is 5.73 Å². The first kappa shape index (κ1) is 18.8. The van der Waals surface area contributed by atoms with E-state index in [1.807, 2.05) is 40.3 Å². The Labute approximate surface area is 187 Å². The van der Waals surface area contributed by atoms with E-state index in [1.165, 1.54) is 10.4 Å². The van der Waals surface area contributed by atoms with Crippen LogP contribution in [0.15, 0.2) is 90.3 Å². The number of nitrogens with two attached hydrogens (primary N) is 1. The summed E-state index contributed by atoms with van der Waals surface area (Å²) < 4.78 is 1.86. The molecule has 0 amide bonds. The summed E-state index contributed by atoms with van der Waals surface area (Å²) in [6.07, 6.45) is 0. The van der Waals surface area contributed by atoms with Gasteiger partial charge in [0.25, 0.3) is 0 Å². The van der Waals surface area contributed by atoms with Crippen LogP contribution >= 0.6 is 27.5 Å². The Balaban J connectivity index is 1.59. The molecule has 0 aliphatic carbocycles. The lowest BCUT2D eigenvalue weighted by Crippen LogP contribution is -2.07. The molecule has 4 nitrogen and oxygen atoms in total. The van der Waals surface area contributed by atoms with Gasteiger partial charge >= 0.3 is 0 Å². The van der Waals surface area contributed by atoms with Crippen LogP contribution in [0.25, 0.3) is 32.5 Å². The Hall–Kier alpha value is -3.22. The molecule has 0 radical (unpaired) electrons. The van der Waals surface area contributed by atoms with Crippen molar-refractivity contribution < 1.29 is 0 Å². The summed E-state index contributed by atoms with van der Waals surface area (Å²) in [6, 6.07) is 29.0. The van der Waals surface area contributed by atoms with Crippen LogP contribution in [0.2, 0.25) is 0 Å². The molecule has 5 rings (SSSR count). The summed E-state index contributed by atoms with van der Waals surface area (Å²) in [4.78, 5) is 10.2. The van der Waals surface area contributed by atoms with E-state index < -0.39 is 0 Å². The molecule has 0 aliphatic rings. The maximum atomic E-state index is 5.98. The number of fused-ring (bicyclic) bond motifs is 1. The second-order valence-corrected chi connectivity index (χ2v) is 8.47. The van der Waals surface area contributed by atoms with Crippen LogP contribution in [0.4, 0.5) is 17.5 Å². The standard InChI is InChI=1S/C24H17BrN4S/c25-29(19-5-2-1-3-6-19)23-20-15-18(12-13-21(20)27-24(26)28-23)16-8-10-17(11-9-16)22-7-4-14-30-22/h1-15H,(H2,26,27,28). The molecule has 0 bridgehead atoms. The molecule has 0 saturated carbocycles. The first-order valence-corrected chi connectivity index (χ1v) is 11.0. The molecule has 0 unspecified atom stereocenters. The fourth-order valence-corrected chi connectivity index (χ4v) is 4.65. The number of benzene rings is 3. The van der Waals surface area contributed by atoms with E-state index in [1.54, 1.807) is 11.3 Å². The first-order chi connectivity index (χ1) is 14.7. The molecule has 2 heterocycles. The highest BCUT2D eigenvalue weighted by molar-refractivity contribution is 9.10. The molecule has 2 N–H and O–H groups in total. The second kappa shape index (κ2) is 7.89. The topological polar surface area (TPSA) is 55.0 Å².